The molecule has 3 aromatic heterocycles. The number of rotatable bonds is 4. The second-order valence-corrected chi connectivity index (χ2v) is 18.9. The second-order valence-electron chi connectivity index (χ2n) is 18.9. The van der Waals surface area contributed by atoms with Gasteiger partial charge in [-0.1, -0.05) is 94.4 Å². The molecular formula is C59H54N5OZn. The van der Waals surface area contributed by atoms with Gasteiger partial charge in [-0.15, -0.1) is 22.1 Å². The molecule has 4 aromatic carbocycles. The summed E-state index contributed by atoms with van der Waals surface area (Å²) in [5.41, 5.74) is 24.7. The van der Waals surface area contributed by atoms with E-state index in [1.807, 2.05) is 45.0 Å². The fourth-order valence-electron chi connectivity index (χ4n) is 9.91. The molecule has 0 spiro atoms. The SMILES string of the molecule is Cc1cc(C)c(-c2c3nc(c(-c4c(C)cc(C)cc4C)c4ccc([n-]4)c(-c4c(C)cc(C)cc4C)c4nc(c(C#Cc5ccc(N([O])C(C)(C)C)cc5)c5ccc2[n-]5)C=C4)C=C3)c(C)c1.[Zn+2]. The van der Waals surface area contributed by atoms with Crippen LogP contribution in [0, 0.1) is 74.2 Å². The normalized spacial score (nSPS) is 12.0. The molecule has 0 atom stereocenters. The maximum Gasteiger partial charge on any atom is 2.00 e. The summed E-state index contributed by atoms with van der Waals surface area (Å²) in [6.07, 6.45) is 8.42. The average Bonchev–Trinajstić information content (AvgIpc) is 4.07. The van der Waals surface area contributed by atoms with Crippen molar-refractivity contribution in [3.63, 3.8) is 0 Å². The van der Waals surface area contributed by atoms with E-state index in [9.17, 15) is 5.21 Å². The Morgan fingerprint density at radius 3 is 1.15 bits per heavy atom. The zero-order valence-corrected chi connectivity index (χ0v) is 43.2. The zero-order valence-electron chi connectivity index (χ0n) is 40.2. The number of fused-ring (bicyclic) bond motifs is 8. The third-order valence-electron chi connectivity index (χ3n) is 12.4. The smallest absolute Gasteiger partial charge is 0.657 e. The van der Waals surface area contributed by atoms with Crippen molar-refractivity contribution < 1.29 is 24.7 Å². The number of benzene rings is 4. The summed E-state index contributed by atoms with van der Waals surface area (Å²) in [5, 5.41) is 14.0. The van der Waals surface area contributed by atoms with Gasteiger partial charge >= 0.3 is 19.5 Å². The van der Waals surface area contributed by atoms with Crippen molar-refractivity contribution >= 4 is 52.1 Å². The Kier molecular flexibility index (Phi) is 12.3. The van der Waals surface area contributed by atoms with Gasteiger partial charge in [-0.3, -0.25) is 0 Å². The molecule has 7 heteroatoms. The molecule has 0 saturated heterocycles. The van der Waals surface area contributed by atoms with Gasteiger partial charge < -0.3 is 9.97 Å². The van der Waals surface area contributed by atoms with E-state index in [0.717, 1.165) is 99.9 Å². The summed E-state index contributed by atoms with van der Waals surface area (Å²) in [6.45, 7) is 25.2. The van der Waals surface area contributed by atoms with Gasteiger partial charge in [-0.05, 0) is 198 Å². The first-order valence-electron chi connectivity index (χ1n) is 22.3. The molecule has 323 valence electrons. The van der Waals surface area contributed by atoms with Crippen LogP contribution in [0.3, 0.4) is 0 Å². The van der Waals surface area contributed by atoms with Gasteiger partial charge in [-0.25, -0.2) is 15.0 Å². The minimum Gasteiger partial charge on any atom is -0.657 e. The molecule has 0 N–H and O–H groups in total. The fraction of sp³-hybridized carbons (Fsp3) is 0.220. The first-order chi connectivity index (χ1) is 30.9. The monoisotopic (exact) mass is 912 g/mol. The number of hydroxylamine groups is 1. The van der Waals surface area contributed by atoms with Crippen molar-refractivity contribution in [2.45, 2.75) is 88.6 Å². The Balaban J connectivity index is 0.00000592. The van der Waals surface area contributed by atoms with Crippen LogP contribution in [0.25, 0.3) is 79.8 Å². The molecular weight excluding hydrogens is 860 g/mol. The standard InChI is InChI=1S/C59H54N5O.Zn/c1-33-27-36(4)53(37(5)28-33)56-47-21-19-45(60-47)44(18-15-42-13-16-43(17-14-42)64(65)59(10,11)12)46-20-22-48(61-46)57(54-38(6)29-34(2)30-39(54)7)50-24-26-52(63-50)58(51-25-23-49(56)62-51)55-40(8)31-35(3)32-41(55)9;/h13-14,16-17,19-32H,1-12H3;/q-2;+2. The quantitative estimate of drug-likeness (QED) is 0.0998. The van der Waals surface area contributed by atoms with E-state index in [1.165, 1.54) is 27.8 Å². The molecule has 2 aliphatic rings. The Bertz CT molecular complexity index is 3290. The third kappa shape index (κ3) is 8.53. The van der Waals surface area contributed by atoms with E-state index in [2.05, 4.69) is 159 Å². The van der Waals surface area contributed by atoms with Crippen molar-refractivity contribution in [2.75, 3.05) is 5.06 Å². The van der Waals surface area contributed by atoms with E-state index >= 15 is 0 Å². The van der Waals surface area contributed by atoms with Gasteiger partial charge in [0.05, 0.1) is 34.0 Å². The molecule has 0 unspecified atom stereocenters. The summed E-state index contributed by atoms with van der Waals surface area (Å²) in [5.74, 6) is 6.93. The molecule has 1 radical (unpaired) electrons. The van der Waals surface area contributed by atoms with Crippen LogP contribution in [0.15, 0.2) is 84.9 Å². The van der Waals surface area contributed by atoms with E-state index in [-0.39, 0.29) is 19.5 Å². The van der Waals surface area contributed by atoms with Crippen molar-refractivity contribution in [3.05, 3.63) is 169 Å². The predicted octanol–water partition coefficient (Wildman–Crippen LogP) is 14.0. The molecule has 8 bridgehead atoms. The summed E-state index contributed by atoms with van der Waals surface area (Å²) in [6, 6.07) is 29.3. The van der Waals surface area contributed by atoms with E-state index in [0.29, 0.717) is 22.5 Å². The maximum atomic E-state index is 13.0. The van der Waals surface area contributed by atoms with Crippen LogP contribution in [-0.4, -0.2) is 15.5 Å². The first-order valence-corrected chi connectivity index (χ1v) is 22.3. The van der Waals surface area contributed by atoms with Gasteiger partial charge in [-0.2, -0.15) is 0 Å². The molecule has 5 heterocycles. The van der Waals surface area contributed by atoms with Gasteiger partial charge in [0.2, 0.25) is 0 Å². The minimum absolute atomic E-state index is 0. The number of hydrogen-bond donors (Lipinski definition) is 0. The molecule has 7 aromatic rings. The number of nitrogens with zero attached hydrogens (tertiary/aromatic N) is 5. The van der Waals surface area contributed by atoms with Crippen LogP contribution < -0.4 is 15.0 Å². The topological polar surface area (TPSA) is 77.1 Å². The van der Waals surface area contributed by atoms with Crippen molar-refractivity contribution in [3.8, 4) is 45.2 Å². The third-order valence-corrected chi connectivity index (χ3v) is 12.4. The van der Waals surface area contributed by atoms with Crippen LogP contribution >= 0.6 is 0 Å². The van der Waals surface area contributed by atoms with Crippen LogP contribution in [-0.2, 0) is 24.7 Å². The second kappa shape index (κ2) is 17.7. The molecule has 2 aliphatic heterocycles. The molecule has 66 heavy (non-hydrogen) atoms. The van der Waals surface area contributed by atoms with Crippen molar-refractivity contribution in [2.24, 2.45) is 0 Å². The number of aromatic nitrogens is 4. The molecule has 0 amide bonds. The van der Waals surface area contributed by atoms with Crippen LogP contribution in [0.4, 0.5) is 5.69 Å². The molecule has 0 saturated carbocycles. The average molecular weight is 915 g/mol. The Morgan fingerprint density at radius 2 is 0.773 bits per heavy atom. The first kappa shape index (κ1) is 46.0. The largest absolute Gasteiger partial charge is 2.00 e. The minimum atomic E-state index is -0.565. The van der Waals surface area contributed by atoms with Crippen LogP contribution in [0.5, 0.6) is 0 Å². The number of hydrogen-bond acceptors (Lipinski definition) is 3. The summed E-state index contributed by atoms with van der Waals surface area (Å²) in [4.78, 5) is 22.0. The van der Waals surface area contributed by atoms with E-state index < -0.39 is 5.54 Å². The van der Waals surface area contributed by atoms with Gasteiger partial charge in [0.25, 0.3) is 0 Å². The Morgan fingerprint density at radius 1 is 0.439 bits per heavy atom. The predicted molar refractivity (Wildman–Crippen MR) is 271 cm³/mol. The Labute approximate surface area is 402 Å². The maximum absolute atomic E-state index is 13.0. The molecule has 9 rings (SSSR count). The van der Waals surface area contributed by atoms with Gasteiger partial charge in [0.15, 0.2) is 0 Å². The van der Waals surface area contributed by atoms with E-state index in [4.69, 9.17) is 19.9 Å². The molecule has 0 aliphatic carbocycles. The molecule has 0 fully saturated rings. The zero-order chi connectivity index (χ0) is 46.1. The Hall–Kier alpha value is -6.58. The van der Waals surface area contributed by atoms with Gasteiger partial charge in [0, 0.05) is 11.1 Å². The van der Waals surface area contributed by atoms with Crippen LogP contribution in [0.2, 0.25) is 0 Å². The summed E-state index contributed by atoms with van der Waals surface area (Å²) in [7, 11) is 0. The summed E-state index contributed by atoms with van der Waals surface area (Å²) < 4.78 is 0. The van der Waals surface area contributed by atoms with E-state index in [1.54, 1.807) is 0 Å². The number of anilines is 1. The molecule has 6 nitrogen and oxygen atoms in total. The fourth-order valence-corrected chi connectivity index (χ4v) is 9.91. The number of aryl methyl sites for hydroxylation is 9. The van der Waals surface area contributed by atoms with Gasteiger partial charge in [0.1, 0.15) is 0 Å². The van der Waals surface area contributed by atoms with Crippen LogP contribution in [0.1, 0.15) is 105 Å². The van der Waals surface area contributed by atoms with Crippen molar-refractivity contribution in [1.29, 1.82) is 0 Å². The summed E-state index contributed by atoms with van der Waals surface area (Å²) >= 11 is 0. The van der Waals surface area contributed by atoms with Crippen molar-refractivity contribution in [1.82, 2.24) is 19.9 Å².